The summed E-state index contributed by atoms with van der Waals surface area (Å²) in [5.41, 5.74) is 0. The van der Waals surface area contributed by atoms with Crippen molar-refractivity contribution < 1.29 is 9.21 Å². The molecule has 0 saturated heterocycles. The van der Waals surface area contributed by atoms with E-state index < -0.39 is 0 Å². The zero-order valence-corrected chi connectivity index (χ0v) is 13.0. The smallest absolute Gasteiger partial charge is 0.317 e. The largest absolute Gasteiger partial charge is 0.452 e. The molecule has 2 aromatic rings. The Labute approximate surface area is 125 Å². The molecule has 0 aliphatic rings. The predicted octanol–water partition coefficient (Wildman–Crippen LogP) is 2.47. The number of nitrogens with zero attached hydrogens (tertiary/aromatic N) is 3. The van der Waals surface area contributed by atoms with Crippen LogP contribution in [0.5, 0.6) is 0 Å². The number of hydrogen-bond donors (Lipinski definition) is 1. The number of halogens is 1. The Hall–Kier alpha value is -1.76. The van der Waals surface area contributed by atoms with Crippen LogP contribution >= 0.6 is 15.9 Å². The Kier molecular flexibility index (Phi) is 4.84. The zero-order chi connectivity index (χ0) is 14.5. The Morgan fingerprint density at radius 3 is 3.00 bits per heavy atom. The third-order valence-electron chi connectivity index (χ3n) is 2.76. The van der Waals surface area contributed by atoms with E-state index in [9.17, 15) is 4.79 Å². The zero-order valence-electron chi connectivity index (χ0n) is 11.4. The number of aromatic nitrogens is 2. The summed E-state index contributed by atoms with van der Waals surface area (Å²) in [6.07, 6.45) is 3.59. The van der Waals surface area contributed by atoms with Gasteiger partial charge in [-0.05, 0) is 41.1 Å². The normalized spacial score (nSPS) is 12.2. The number of rotatable bonds is 5. The average Bonchev–Trinajstić information content (AvgIpc) is 3.01. The van der Waals surface area contributed by atoms with Crippen LogP contribution in [0, 0.1) is 0 Å². The van der Waals surface area contributed by atoms with Crippen LogP contribution in [0.3, 0.4) is 0 Å². The molecule has 2 rings (SSSR count). The van der Waals surface area contributed by atoms with Crippen molar-refractivity contribution in [3.05, 3.63) is 41.0 Å². The van der Waals surface area contributed by atoms with Crippen LogP contribution in [-0.4, -0.2) is 33.8 Å². The number of hydrogen-bond acceptors (Lipinski definition) is 3. The van der Waals surface area contributed by atoms with Crippen molar-refractivity contribution in [2.45, 2.75) is 26.1 Å². The molecule has 7 heteroatoms. The lowest BCUT2D eigenvalue weighted by molar-refractivity contribution is 0.198. The van der Waals surface area contributed by atoms with Crippen LogP contribution in [0.25, 0.3) is 0 Å². The van der Waals surface area contributed by atoms with Gasteiger partial charge in [0.1, 0.15) is 5.76 Å². The first-order valence-corrected chi connectivity index (χ1v) is 7.07. The molecule has 2 amide bonds. The third-order valence-corrected chi connectivity index (χ3v) is 3.18. The van der Waals surface area contributed by atoms with Crippen LogP contribution in [0.4, 0.5) is 4.79 Å². The highest BCUT2D eigenvalue weighted by molar-refractivity contribution is 9.10. The molecular weight excluding hydrogens is 324 g/mol. The molecule has 1 N–H and O–H groups in total. The van der Waals surface area contributed by atoms with E-state index in [1.807, 2.05) is 25.3 Å². The lowest BCUT2D eigenvalue weighted by Crippen LogP contribution is -2.43. The Balaban J connectivity index is 1.81. The van der Waals surface area contributed by atoms with Gasteiger partial charge in [-0.25, -0.2) is 4.79 Å². The quantitative estimate of drug-likeness (QED) is 0.909. The standard InChI is InChI=1S/C13H17BrN4O2/c1-10(8-18-7-3-6-15-18)16-13(19)17(2)9-11-4-5-12(14)20-11/h3-7,10H,8-9H2,1-2H3,(H,16,19)/t10-/m1/s1. The molecule has 0 bridgehead atoms. The summed E-state index contributed by atoms with van der Waals surface area (Å²) in [4.78, 5) is 13.6. The maximum absolute atomic E-state index is 12.0. The topological polar surface area (TPSA) is 63.3 Å². The number of carbonyl (C=O) groups is 1. The van der Waals surface area contributed by atoms with Crippen molar-refractivity contribution in [3.8, 4) is 0 Å². The van der Waals surface area contributed by atoms with Gasteiger partial charge in [0, 0.05) is 25.5 Å². The third kappa shape index (κ3) is 4.12. The number of carbonyl (C=O) groups excluding carboxylic acids is 1. The van der Waals surface area contributed by atoms with Crippen molar-refractivity contribution in [3.63, 3.8) is 0 Å². The molecule has 2 heterocycles. The number of furan rings is 1. The van der Waals surface area contributed by atoms with Gasteiger partial charge in [0.25, 0.3) is 0 Å². The van der Waals surface area contributed by atoms with Gasteiger partial charge in [-0.15, -0.1) is 0 Å². The summed E-state index contributed by atoms with van der Waals surface area (Å²) in [7, 11) is 1.73. The van der Waals surface area contributed by atoms with E-state index in [0.717, 1.165) is 5.76 Å². The van der Waals surface area contributed by atoms with E-state index >= 15 is 0 Å². The van der Waals surface area contributed by atoms with Gasteiger partial charge in [-0.3, -0.25) is 4.68 Å². The summed E-state index contributed by atoms with van der Waals surface area (Å²) in [5, 5.41) is 7.03. The molecule has 0 saturated carbocycles. The molecular formula is C13H17BrN4O2. The molecule has 2 aromatic heterocycles. The monoisotopic (exact) mass is 340 g/mol. The second kappa shape index (κ2) is 6.60. The van der Waals surface area contributed by atoms with E-state index in [1.54, 1.807) is 28.9 Å². The lowest BCUT2D eigenvalue weighted by atomic mass is 10.3. The second-order valence-corrected chi connectivity index (χ2v) is 5.42. The minimum Gasteiger partial charge on any atom is -0.452 e. The number of nitrogens with one attached hydrogen (secondary N) is 1. The van der Waals surface area contributed by atoms with Crippen molar-refractivity contribution in [1.82, 2.24) is 20.0 Å². The molecule has 0 aliphatic carbocycles. The summed E-state index contributed by atoms with van der Waals surface area (Å²) in [6, 6.07) is 5.35. The highest BCUT2D eigenvalue weighted by Crippen LogP contribution is 2.15. The van der Waals surface area contributed by atoms with Crippen molar-refractivity contribution in [1.29, 1.82) is 0 Å². The molecule has 0 fully saturated rings. The minimum atomic E-state index is -0.142. The lowest BCUT2D eigenvalue weighted by Gasteiger charge is -2.20. The molecule has 0 spiro atoms. The number of urea groups is 1. The highest BCUT2D eigenvalue weighted by Gasteiger charge is 2.14. The van der Waals surface area contributed by atoms with Crippen LogP contribution in [-0.2, 0) is 13.1 Å². The fraction of sp³-hybridized carbons (Fsp3) is 0.385. The predicted molar refractivity (Wildman–Crippen MR) is 78.1 cm³/mol. The average molecular weight is 341 g/mol. The second-order valence-electron chi connectivity index (χ2n) is 4.64. The molecule has 0 aliphatic heterocycles. The van der Waals surface area contributed by atoms with Crippen molar-refractivity contribution >= 4 is 22.0 Å². The maximum Gasteiger partial charge on any atom is 0.317 e. The van der Waals surface area contributed by atoms with E-state index in [4.69, 9.17) is 4.42 Å². The van der Waals surface area contributed by atoms with Crippen LogP contribution < -0.4 is 5.32 Å². The summed E-state index contributed by atoms with van der Waals surface area (Å²) >= 11 is 3.24. The van der Waals surface area contributed by atoms with E-state index in [-0.39, 0.29) is 12.1 Å². The van der Waals surface area contributed by atoms with Crippen molar-refractivity contribution in [2.24, 2.45) is 0 Å². The molecule has 20 heavy (non-hydrogen) atoms. The summed E-state index contributed by atoms with van der Waals surface area (Å²) in [6.45, 7) is 3.00. The van der Waals surface area contributed by atoms with Crippen LogP contribution in [0.2, 0.25) is 0 Å². The molecule has 0 aromatic carbocycles. The summed E-state index contributed by atoms with van der Waals surface area (Å²) in [5.74, 6) is 0.731. The minimum absolute atomic E-state index is 0.00631. The van der Waals surface area contributed by atoms with Crippen LogP contribution in [0.15, 0.2) is 39.7 Å². The molecule has 0 unspecified atom stereocenters. The van der Waals surface area contributed by atoms with Gasteiger partial charge >= 0.3 is 6.03 Å². The molecule has 6 nitrogen and oxygen atoms in total. The first-order chi connectivity index (χ1) is 9.54. The molecule has 0 radical (unpaired) electrons. The maximum atomic E-state index is 12.0. The molecule has 108 valence electrons. The number of amides is 2. The van der Waals surface area contributed by atoms with Gasteiger partial charge in [0.2, 0.25) is 0 Å². The fourth-order valence-electron chi connectivity index (χ4n) is 1.80. The Morgan fingerprint density at radius 2 is 2.40 bits per heavy atom. The van der Waals surface area contributed by atoms with E-state index in [0.29, 0.717) is 17.8 Å². The van der Waals surface area contributed by atoms with E-state index in [2.05, 4.69) is 26.3 Å². The summed E-state index contributed by atoms with van der Waals surface area (Å²) < 4.78 is 7.82. The Morgan fingerprint density at radius 1 is 1.60 bits per heavy atom. The fourth-order valence-corrected chi connectivity index (χ4v) is 2.14. The molecule has 1 atom stereocenters. The first kappa shape index (κ1) is 14.6. The van der Waals surface area contributed by atoms with Gasteiger partial charge < -0.3 is 14.6 Å². The van der Waals surface area contributed by atoms with Crippen molar-refractivity contribution in [2.75, 3.05) is 7.05 Å². The Bertz CT molecular complexity index is 552. The first-order valence-electron chi connectivity index (χ1n) is 6.28. The van der Waals surface area contributed by atoms with E-state index in [1.165, 1.54) is 0 Å². The highest BCUT2D eigenvalue weighted by atomic mass is 79.9. The SMILES string of the molecule is C[C@H](Cn1cccn1)NC(=O)N(C)Cc1ccc(Br)o1. The van der Waals surface area contributed by atoms with Gasteiger partial charge in [0.05, 0.1) is 13.1 Å². The van der Waals surface area contributed by atoms with Gasteiger partial charge in [-0.1, -0.05) is 0 Å². The van der Waals surface area contributed by atoms with Gasteiger partial charge in [-0.2, -0.15) is 5.10 Å². The van der Waals surface area contributed by atoms with Crippen LogP contribution in [0.1, 0.15) is 12.7 Å². The van der Waals surface area contributed by atoms with Gasteiger partial charge in [0.15, 0.2) is 4.67 Å².